The van der Waals surface area contributed by atoms with Gasteiger partial charge < -0.3 is 9.47 Å². The third kappa shape index (κ3) is 2.66. The van der Waals surface area contributed by atoms with Crippen molar-refractivity contribution in [2.45, 2.75) is 17.4 Å². The summed E-state index contributed by atoms with van der Waals surface area (Å²) in [4.78, 5) is 5.68. The van der Waals surface area contributed by atoms with E-state index in [1.807, 2.05) is 24.0 Å². The molecule has 2 aromatic rings. The second kappa shape index (κ2) is 5.69. The fourth-order valence-corrected chi connectivity index (χ4v) is 3.12. The van der Waals surface area contributed by atoms with Crippen LogP contribution in [0.1, 0.15) is 6.42 Å². The number of para-hydroxylation sites is 1. The lowest BCUT2D eigenvalue weighted by Crippen LogP contribution is -2.25. The Morgan fingerprint density at radius 2 is 2.22 bits per heavy atom. The maximum absolute atomic E-state index is 5.55. The van der Waals surface area contributed by atoms with Crippen LogP contribution in [-0.4, -0.2) is 30.2 Å². The van der Waals surface area contributed by atoms with E-state index in [1.54, 1.807) is 0 Å². The van der Waals surface area contributed by atoms with Crippen LogP contribution < -0.4 is 0 Å². The largest absolute Gasteiger partial charge is 0.355 e. The molecule has 3 rings (SSSR count). The zero-order valence-electron chi connectivity index (χ0n) is 10.0. The lowest BCUT2D eigenvalue weighted by atomic mass is 10.2. The van der Waals surface area contributed by atoms with Gasteiger partial charge in [-0.1, -0.05) is 18.2 Å². The highest BCUT2D eigenvalue weighted by Crippen LogP contribution is 2.27. The lowest BCUT2D eigenvalue weighted by molar-refractivity contribution is -0.130. The number of pyridine rings is 1. The maximum atomic E-state index is 5.55. The molecule has 1 unspecified atom stereocenters. The van der Waals surface area contributed by atoms with Crippen LogP contribution in [0.25, 0.3) is 10.9 Å². The monoisotopic (exact) mass is 261 g/mol. The molecule has 0 radical (unpaired) electrons. The molecule has 0 amide bonds. The van der Waals surface area contributed by atoms with Gasteiger partial charge in [0.2, 0.25) is 0 Å². The van der Waals surface area contributed by atoms with Crippen LogP contribution >= 0.6 is 11.8 Å². The molecule has 4 heteroatoms. The topological polar surface area (TPSA) is 31.4 Å². The highest BCUT2D eigenvalue weighted by atomic mass is 32.2. The minimum Gasteiger partial charge on any atom is -0.355 e. The summed E-state index contributed by atoms with van der Waals surface area (Å²) >= 11 is 1.81. The van der Waals surface area contributed by atoms with Crippen molar-refractivity contribution in [2.75, 3.05) is 19.2 Å². The highest BCUT2D eigenvalue weighted by Gasteiger charge is 2.15. The molecule has 0 spiro atoms. The number of ether oxygens (including phenoxy) is 2. The first-order valence-corrected chi connectivity index (χ1v) is 7.08. The van der Waals surface area contributed by atoms with Gasteiger partial charge >= 0.3 is 0 Å². The summed E-state index contributed by atoms with van der Waals surface area (Å²) in [6, 6.07) is 10.4. The first-order valence-electron chi connectivity index (χ1n) is 6.09. The molecule has 0 bridgehead atoms. The second-order valence-corrected chi connectivity index (χ2v) is 5.31. The van der Waals surface area contributed by atoms with Gasteiger partial charge in [-0.05, 0) is 18.6 Å². The number of benzene rings is 1. The molecule has 18 heavy (non-hydrogen) atoms. The van der Waals surface area contributed by atoms with Crippen LogP contribution in [0.2, 0.25) is 0 Å². The number of hydrogen-bond donors (Lipinski definition) is 0. The quantitative estimate of drug-likeness (QED) is 0.795. The second-order valence-electron chi connectivity index (χ2n) is 4.25. The first-order chi connectivity index (χ1) is 8.93. The normalized spacial score (nSPS) is 20.1. The summed E-state index contributed by atoms with van der Waals surface area (Å²) < 4.78 is 10.7. The van der Waals surface area contributed by atoms with Crippen LogP contribution in [0, 0.1) is 0 Å². The maximum Gasteiger partial charge on any atom is 0.147 e. The molecule has 2 heterocycles. The van der Waals surface area contributed by atoms with Gasteiger partial charge in [-0.25, -0.2) is 0 Å². The van der Waals surface area contributed by atoms with E-state index < -0.39 is 0 Å². The zero-order chi connectivity index (χ0) is 12.2. The van der Waals surface area contributed by atoms with E-state index in [-0.39, 0.29) is 0 Å². The van der Waals surface area contributed by atoms with E-state index in [1.165, 1.54) is 10.3 Å². The summed E-state index contributed by atoms with van der Waals surface area (Å²) in [5.41, 5.74) is 1.08. The Morgan fingerprint density at radius 1 is 1.28 bits per heavy atom. The molecule has 3 nitrogen and oxygen atoms in total. The van der Waals surface area contributed by atoms with Crippen LogP contribution in [0.15, 0.2) is 41.4 Å². The predicted molar refractivity (Wildman–Crippen MR) is 72.8 cm³/mol. The fraction of sp³-hybridized carbons (Fsp3) is 0.357. The van der Waals surface area contributed by atoms with Crippen LogP contribution in [-0.2, 0) is 9.47 Å². The molecule has 1 aromatic heterocycles. The van der Waals surface area contributed by atoms with Gasteiger partial charge in [0, 0.05) is 22.2 Å². The van der Waals surface area contributed by atoms with E-state index in [9.17, 15) is 0 Å². The van der Waals surface area contributed by atoms with Crippen molar-refractivity contribution in [1.29, 1.82) is 0 Å². The average Bonchev–Trinajstić information content (AvgIpc) is 2.46. The van der Waals surface area contributed by atoms with Crippen LogP contribution in [0.4, 0.5) is 0 Å². The summed E-state index contributed by atoms with van der Waals surface area (Å²) in [6.45, 7) is 1.23. The van der Waals surface area contributed by atoms with Gasteiger partial charge in [-0.15, -0.1) is 11.8 Å². The standard InChI is InChI=1S/C14H15NO2S/c1-3-11-4-2-7-15-14(11)13(5-1)18-9-12-6-8-16-10-17-12/h1-5,7,12H,6,8-10H2. The van der Waals surface area contributed by atoms with Gasteiger partial charge in [0.25, 0.3) is 0 Å². The highest BCUT2D eigenvalue weighted by molar-refractivity contribution is 7.99. The minimum atomic E-state index is 0.294. The molecule has 0 N–H and O–H groups in total. The van der Waals surface area contributed by atoms with Gasteiger partial charge in [0.15, 0.2) is 0 Å². The molecule has 1 saturated heterocycles. The van der Waals surface area contributed by atoms with Crippen LogP contribution in [0.3, 0.4) is 0 Å². The van der Waals surface area contributed by atoms with Gasteiger partial charge in [-0.3, -0.25) is 4.98 Å². The first kappa shape index (κ1) is 12.0. The molecule has 1 aromatic carbocycles. The van der Waals surface area contributed by atoms with Crippen molar-refractivity contribution < 1.29 is 9.47 Å². The minimum absolute atomic E-state index is 0.294. The Balaban J connectivity index is 1.74. The van der Waals surface area contributed by atoms with E-state index in [0.29, 0.717) is 12.9 Å². The van der Waals surface area contributed by atoms with E-state index in [2.05, 4.69) is 29.2 Å². The Morgan fingerprint density at radius 3 is 3.11 bits per heavy atom. The molecule has 0 saturated carbocycles. The summed E-state index contributed by atoms with van der Waals surface area (Å²) in [5.74, 6) is 0.957. The molecule has 1 atom stereocenters. The lowest BCUT2D eigenvalue weighted by Gasteiger charge is -2.22. The Labute approximate surface area is 111 Å². The van der Waals surface area contributed by atoms with E-state index in [0.717, 1.165) is 24.3 Å². The molecule has 1 fully saturated rings. The summed E-state index contributed by atoms with van der Waals surface area (Å²) in [6.07, 6.45) is 3.12. The third-order valence-electron chi connectivity index (χ3n) is 2.99. The summed E-state index contributed by atoms with van der Waals surface area (Å²) in [5, 5.41) is 1.19. The number of hydrogen-bond acceptors (Lipinski definition) is 4. The number of rotatable bonds is 3. The number of fused-ring (bicyclic) bond motifs is 1. The van der Waals surface area contributed by atoms with E-state index >= 15 is 0 Å². The molecule has 1 aliphatic rings. The van der Waals surface area contributed by atoms with Gasteiger partial charge in [0.05, 0.1) is 18.2 Å². The Bertz CT molecular complexity index is 521. The van der Waals surface area contributed by atoms with Crippen molar-refractivity contribution in [3.63, 3.8) is 0 Å². The zero-order valence-corrected chi connectivity index (χ0v) is 10.9. The smallest absolute Gasteiger partial charge is 0.147 e. The molecular formula is C14H15NO2S. The van der Waals surface area contributed by atoms with Crippen molar-refractivity contribution >= 4 is 22.7 Å². The van der Waals surface area contributed by atoms with Crippen molar-refractivity contribution in [3.05, 3.63) is 36.5 Å². The average molecular weight is 261 g/mol. The third-order valence-corrected chi connectivity index (χ3v) is 4.17. The summed E-state index contributed by atoms with van der Waals surface area (Å²) in [7, 11) is 0. The van der Waals surface area contributed by atoms with Crippen molar-refractivity contribution in [3.8, 4) is 0 Å². The van der Waals surface area contributed by atoms with Crippen molar-refractivity contribution in [1.82, 2.24) is 4.98 Å². The van der Waals surface area contributed by atoms with E-state index in [4.69, 9.17) is 9.47 Å². The van der Waals surface area contributed by atoms with Gasteiger partial charge in [-0.2, -0.15) is 0 Å². The molecular weight excluding hydrogens is 246 g/mol. The molecule has 94 valence electrons. The fourth-order valence-electron chi connectivity index (χ4n) is 2.01. The predicted octanol–water partition coefficient (Wildman–Crippen LogP) is 3.09. The number of thioether (sulfide) groups is 1. The van der Waals surface area contributed by atoms with Crippen molar-refractivity contribution in [2.24, 2.45) is 0 Å². The van der Waals surface area contributed by atoms with Gasteiger partial charge in [0.1, 0.15) is 6.79 Å². The van der Waals surface area contributed by atoms with Crippen LogP contribution in [0.5, 0.6) is 0 Å². The Kier molecular flexibility index (Phi) is 3.78. The number of aromatic nitrogens is 1. The number of nitrogens with zero attached hydrogens (tertiary/aromatic N) is 1. The SMILES string of the molecule is c1cnc2c(SCC3CCOCO3)cccc2c1. The molecule has 1 aliphatic heterocycles. The molecule has 0 aliphatic carbocycles. The Hall–Kier alpha value is -1.10.